The third-order valence-electron chi connectivity index (χ3n) is 5.55. The summed E-state index contributed by atoms with van der Waals surface area (Å²) in [6.45, 7) is 4.50. The molecule has 3 heterocycles. The number of nitrogen functional groups attached to an aromatic ring is 1. The molecule has 2 unspecified atom stereocenters. The van der Waals surface area contributed by atoms with Gasteiger partial charge in [-0.3, -0.25) is 14.6 Å². The van der Waals surface area contributed by atoms with Crippen LogP contribution in [0.1, 0.15) is 33.1 Å². The van der Waals surface area contributed by atoms with Gasteiger partial charge in [-0.05, 0) is 25.5 Å². The second-order valence-corrected chi connectivity index (χ2v) is 7.45. The van der Waals surface area contributed by atoms with Crippen molar-refractivity contribution in [2.45, 2.75) is 45.3 Å². The number of hydrogen-bond donors (Lipinski definition) is 1. The minimum atomic E-state index is -0.538. The van der Waals surface area contributed by atoms with Crippen LogP contribution in [0.3, 0.4) is 0 Å². The number of guanidine groups is 1. The first-order chi connectivity index (χ1) is 13.5. The summed E-state index contributed by atoms with van der Waals surface area (Å²) in [4.78, 5) is 37.5. The predicted octanol–water partition coefficient (Wildman–Crippen LogP) is 2.40. The molecule has 0 saturated carbocycles. The molecule has 28 heavy (non-hydrogen) atoms. The van der Waals surface area contributed by atoms with Crippen molar-refractivity contribution < 1.29 is 9.59 Å². The Bertz CT molecular complexity index is 879. The van der Waals surface area contributed by atoms with Crippen molar-refractivity contribution in [2.75, 3.05) is 24.2 Å². The summed E-state index contributed by atoms with van der Waals surface area (Å²) < 4.78 is 0. The molecule has 3 aliphatic heterocycles. The Morgan fingerprint density at radius 2 is 1.93 bits per heavy atom. The van der Waals surface area contributed by atoms with Gasteiger partial charge in [-0.25, -0.2) is 9.79 Å². The van der Waals surface area contributed by atoms with Crippen LogP contribution in [-0.2, 0) is 4.79 Å². The number of likely N-dealkylation sites (N-methyl/N-ethyl adjacent to an activating group) is 1. The Hall–Kier alpha value is -3.03. The molecule has 0 aromatic heterocycles. The first-order valence-electron chi connectivity index (χ1n) is 9.73. The monoisotopic (exact) mass is 382 g/mol. The Kier molecular flexibility index (Phi) is 4.49. The Labute approximate surface area is 164 Å². The molecule has 8 heteroatoms. The smallest absolute Gasteiger partial charge is 0.328 e. The van der Waals surface area contributed by atoms with E-state index in [1.807, 2.05) is 47.2 Å². The number of urea groups is 1. The van der Waals surface area contributed by atoms with Gasteiger partial charge in [-0.2, -0.15) is 0 Å². The lowest BCUT2D eigenvalue weighted by Crippen LogP contribution is -2.64. The number of fused-ring (bicyclic) bond motifs is 3. The number of allylic oxidation sites excluding steroid dienone is 1. The third kappa shape index (κ3) is 2.63. The molecular weight excluding hydrogens is 356 g/mol. The number of carbonyl (C=O) groups excluding carboxylic acids is 2. The van der Waals surface area contributed by atoms with E-state index in [2.05, 4.69) is 6.92 Å². The molecule has 0 radical (unpaired) electrons. The summed E-state index contributed by atoms with van der Waals surface area (Å²) in [5.74, 6) is 0.448. The molecule has 3 amide bonds. The lowest BCUT2D eigenvalue weighted by molar-refractivity contribution is -0.136. The van der Waals surface area contributed by atoms with E-state index in [1.165, 1.54) is 4.90 Å². The maximum atomic E-state index is 13.2. The standard InChI is InChI=1S/C20H26N6O2/c1-4-5-8-11-24-18(27)16-17(23(3)20(24)28)22-19-25(16)12-13(2)26(19)15-10-7-6-9-14(15)21/h6-7,9-10,12,16-17H,4-5,8,11,21H2,1-3H3. The molecule has 1 fully saturated rings. The lowest BCUT2D eigenvalue weighted by Gasteiger charge is -2.40. The zero-order valence-corrected chi connectivity index (χ0v) is 16.5. The number of carbonyl (C=O) groups is 2. The van der Waals surface area contributed by atoms with Gasteiger partial charge in [0.2, 0.25) is 5.96 Å². The van der Waals surface area contributed by atoms with Crippen molar-refractivity contribution in [3.05, 3.63) is 36.2 Å². The highest BCUT2D eigenvalue weighted by molar-refractivity contribution is 6.10. The van der Waals surface area contributed by atoms with E-state index in [1.54, 1.807) is 11.9 Å². The quantitative estimate of drug-likeness (QED) is 0.624. The molecule has 2 N–H and O–H groups in total. The van der Waals surface area contributed by atoms with Gasteiger partial charge in [0.05, 0.1) is 11.4 Å². The van der Waals surface area contributed by atoms with Crippen LogP contribution in [0.15, 0.2) is 41.2 Å². The average molecular weight is 382 g/mol. The Morgan fingerprint density at radius 1 is 1.18 bits per heavy atom. The van der Waals surface area contributed by atoms with Crippen LogP contribution in [0.2, 0.25) is 0 Å². The zero-order chi connectivity index (χ0) is 20.0. The predicted molar refractivity (Wildman–Crippen MR) is 108 cm³/mol. The molecule has 148 valence electrons. The molecule has 8 nitrogen and oxygen atoms in total. The fraction of sp³-hybridized carbons (Fsp3) is 0.450. The first kappa shape index (κ1) is 18.3. The van der Waals surface area contributed by atoms with E-state index in [4.69, 9.17) is 10.7 Å². The van der Waals surface area contributed by atoms with E-state index >= 15 is 0 Å². The normalized spacial score (nSPS) is 23.8. The van der Waals surface area contributed by atoms with E-state index in [9.17, 15) is 9.59 Å². The molecule has 1 saturated heterocycles. The number of hydrogen-bond acceptors (Lipinski definition) is 6. The molecule has 0 bridgehead atoms. The number of nitrogens with zero attached hydrogens (tertiary/aromatic N) is 5. The molecule has 0 spiro atoms. The van der Waals surface area contributed by atoms with E-state index in [0.29, 0.717) is 18.2 Å². The van der Waals surface area contributed by atoms with Crippen LogP contribution in [0.5, 0.6) is 0 Å². The molecular formula is C20H26N6O2. The second-order valence-electron chi connectivity index (χ2n) is 7.45. The highest BCUT2D eigenvalue weighted by Crippen LogP contribution is 2.38. The molecule has 2 atom stereocenters. The summed E-state index contributed by atoms with van der Waals surface area (Å²) in [7, 11) is 1.71. The van der Waals surface area contributed by atoms with Crippen molar-refractivity contribution in [2.24, 2.45) is 4.99 Å². The summed E-state index contributed by atoms with van der Waals surface area (Å²) >= 11 is 0. The van der Waals surface area contributed by atoms with Gasteiger partial charge >= 0.3 is 6.03 Å². The number of nitrogens with two attached hydrogens (primary N) is 1. The summed E-state index contributed by atoms with van der Waals surface area (Å²) in [6.07, 6.45) is 4.22. The molecule has 0 aliphatic carbocycles. The van der Waals surface area contributed by atoms with Gasteiger partial charge in [-0.1, -0.05) is 31.9 Å². The van der Waals surface area contributed by atoms with Crippen LogP contribution in [-0.4, -0.2) is 58.4 Å². The maximum Gasteiger partial charge on any atom is 0.328 e. The highest BCUT2D eigenvalue weighted by atomic mass is 16.2. The van der Waals surface area contributed by atoms with Gasteiger partial charge in [0, 0.05) is 25.5 Å². The van der Waals surface area contributed by atoms with E-state index < -0.39 is 12.2 Å². The van der Waals surface area contributed by atoms with Crippen LogP contribution < -0.4 is 10.6 Å². The van der Waals surface area contributed by atoms with Gasteiger partial charge in [0.1, 0.15) is 0 Å². The average Bonchev–Trinajstić information content (AvgIpc) is 3.18. The van der Waals surface area contributed by atoms with Crippen molar-refractivity contribution in [1.29, 1.82) is 0 Å². The Balaban J connectivity index is 1.66. The maximum absolute atomic E-state index is 13.2. The van der Waals surface area contributed by atoms with Crippen molar-refractivity contribution in [3.8, 4) is 0 Å². The first-order valence-corrected chi connectivity index (χ1v) is 9.73. The molecule has 4 rings (SSSR count). The fourth-order valence-electron chi connectivity index (χ4n) is 4.07. The number of anilines is 2. The number of para-hydroxylation sites is 2. The SMILES string of the molecule is CCCCCN1C(=O)C2C(N=C3N(c4ccccc4N)C(C)=CN32)N(C)C1=O. The van der Waals surface area contributed by atoms with Gasteiger partial charge in [-0.15, -0.1) is 0 Å². The number of benzene rings is 1. The number of imide groups is 1. The summed E-state index contributed by atoms with van der Waals surface area (Å²) in [5.41, 5.74) is 8.56. The number of aliphatic imine (C=N–C) groups is 1. The van der Waals surface area contributed by atoms with Crippen LogP contribution in [0.25, 0.3) is 0 Å². The van der Waals surface area contributed by atoms with Crippen molar-refractivity contribution in [1.82, 2.24) is 14.7 Å². The van der Waals surface area contributed by atoms with Crippen LogP contribution >= 0.6 is 0 Å². The lowest BCUT2D eigenvalue weighted by atomic mass is 10.1. The number of unbranched alkanes of at least 4 members (excludes halogenated alkanes) is 2. The van der Waals surface area contributed by atoms with Gasteiger partial charge in [0.15, 0.2) is 12.2 Å². The summed E-state index contributed by atoms with van der Waals surface area (Å²) in [5, 5.41) is 0. The number of amides is 3. The molecule has 3 aliphatic rings. The second kappa shape index (κ2) is 6.85. The fourth-order valence-corrected chi connectivity index (χ4v) is 4.07. The Morgan fingerprint density at radius 3 is 2.64 bits per heavy atom. The highest BCUT2D eigenvalue weighted by Gasteiger charge is 2.54. The summed E-state index contributed by atoms with van der Waals surface area (Å²) in [6, 6.07) is 6.74. The van der Waals surface area contributed by atoms with Crippen molar-refractivity contribution >= 4 is 29.3 Å². The largest absolute Gasteiger partial charge is 0.397 e. The van der Waals surface area contributed by atoms with Gasteiger partial charge < -0.3 is 15.5 Å². The minimum Gasteiger partial charge on any atom is -0.397 e. The zero-order valence-electron chi connectivity index (χ0n) is 16.5. The van der Waals surface area contributed by atoms with Gasteiger partial charge in [0.25, 0.3) is 5.91 Å². The van der Waals surface area contributed by atoms with Crippen LogP contribution in [0, 0.1) is 0 Å². The number of rotatable bonds is 5. The minimum absolute atomic E-state index is 0.185. The van der Waals surface area contributed by atoms with E-state index in [0.717, 1.165) is 30.6 Å². The third-order valence-corrected chi connectivity index (χ3v) is 5.55. The molecule has 1 aromatic carbocycles. The molecule has 1 aromatic rings. The van der Waals surface area contributed by atoms with E-state index in [-0.39, 0.29) is 11.9 Å². The van der Waals surface area contributed by atoms with Crippen LogP contribution in [0.4, 0.5) is 16.2 Å². The van der Waals surface area contributed by atoms with Crippen molar-refractivity contribution in [3.63, 3.8) is 0 Å². The topological polar surface area (TPSA) is 85.5 Å².